The molecule has 1 unspecified atom stereocenters. The van der Waals surface area contributed by atoms with Gasteiger partial charge in [-0.15, -0.1) is 0 Å². The van der Waals surface area contributed by atoms with E-state index in [9.17, 15) is 13.8 Å². The standard InChI is InChI=1S/C25H32N4O4S.H2O/c1-25(2,3)33-24(31)28-13-11-20(12-14-28)29(19-7-8-19)23(30)18-15-26-22(27-16-18)17-5-9-21(10-6-17)34(4)32;/h5-6,9-10,15-16,19-20H,7-8,11-14H2,1-4H3;1H2. The van der Waals surface area contributed by atoms with Crippen LogP contribution in [0, 0.1) is 0 Å². The van der Waals surface area contributed by atoms with Crippen molar-refractivity contribution < 1.29 is 24.0 Å². The number of benzene rings is 1. The van der Waals surface area contributed by atoms with Crippen LogP contribution in [0.2, 0.25) is 0 Å². The summed E-state index contributed by atoms with van der Waals surface area (Å²) in [5.41, 5.74) is 0.755. The predicted octanol–water partition coefficient (Wildman–Crippen LogP) is 3.06. The van der Waals surface area contributed by atoms with E-state index in [1.54, 1.807) is 35.7 Å². The van der Waals surface area contributed by atoms with E-state index in [0.29, 0.717) is 24.5 Å². The molecular weight excluding hydrogens is 468 g/mol. The van der Waals surface area contributed by atoms with Crippen LogP contribution in [0.1, 0.15) is 56.8 Å². The third-order valence-corrected chi connectivity index (χ3v) is 6.96. The third kappa shape index (κ3) is 6.64. The van der Waals surface area contributed by atoms with Gasteiger partial charge in [-0.2, -0.15) is 0 Å². The van der Waals surface area contributed by atoms with Crippen molar-refractivity contribution in [1.82, 2.24) is 19.8 Å². The van der Waals surface area contributed by atoms with Crippen LogP contribution >= 0.6 is 0 Å². The van der Waals surface area contributed by atoms with Crippen LogP contribution in [0.15, 0.2) is 41.6 Å². The van der Waals surface area contributed by atoms with Crippen molar-refractivity contribution in [2.45, 2.75) is 69.0 Å². The fourth-order valence-electron chi connectivity index (χ4n) is 4.17. The fourth-order valence-corrected chi connectivity index (χ4v) is 4.69. The summed E-state index contributed by atoms with van der Waals surface area (Å²) < 4.78 is 17.1. The van der Waals surface area contributed by atoms with Gasteiger partial charge in [0.1, 0.15) is 5.60 Å². The highest BCUT2D eigenvalue weighted by Crippen LogP contribution is 2.33. The molecule has 1 aromatic carbocycles. The normalized spacial score (nSPS) is 17.3. The molecule has 1 saturated heterocycles. The summed E-state index contributed by atoms with van der Waals surface area (Å²) in [6.45, 7) is 6.73. The summed E-state index contributed by atoms with van der Waals surface area (Å²) in [5, 5.41) is 0. The second-order valence-electron chi connectivity index (χ2n) is 9.92. The Hall–Kier alpha value is -2.85. The lowest BCUT2D eigenvalue weighted by Gasteiger charge is -2.39. The van der Waals surface area contributed by atoms with Gasteiger partial charge in [0.25, 0.3) is 5.91 Å². The molecule has 1 atom stereocenters. The molecule has 0 radical (unpaired) electrons. The molecule has 190 valence electrons. The summed E-state index contributed by atoms with van der Waals surface area (Å²) in [5.74, 6) is 0.468. The van der Waals surface area contributed by atoms with Gasteiger partial charge in [0, 0.05) is 65.1 Å². The molecule has 1 saturated carbocycles. The van der Waals surface area contributed by atoms with Crippen molar-refractivity contribution in [2.24, 2.45) is 0 Å². The maximum absolute atomic E-state index is 13.4. The largest absolute Gasteiger partial charge is 0.444 e. The molecular formula is C25H34N4O5S. The van der Waals surface area contributed by atoms with Gasteiger partial charge in [-0.25, -0.2) is 14.8 Å². The zero-order valence-corrected chi connectivity index (χ0v) is 21.5. The minimum atomic E-state index is -1.04. The third-order valence-electron chi connectivity index (χ3n) is 6.03. The van der Waals surface area contributed by atoms with E-state index >= 15 is 0 Å². The first-order chi connectivity index (χ1) is 16.1. The van der Waals surface area contributed by atoms with Crippen molar-refractivity contribution in [3.8, 4) is 11.4 Å². The van der Waals surface area contributed by atoms with E-state index in [-0.39, 0.29) is 29.6 Å². The minimum Gasteiger partial charge on any atom is -0.444 e. The minimum absolute atomic E-state index is 0. The van der Waals surface area contributed by atoms with Crippen LogP contribution in [-0.2, 0) is 15.5 Å². The van der Waals surface area contributed by atoms with E-state index in [0.717, 1.165) is 36.1 Å². The quantitative estimate of drug-likeness (QED) is 0.619. The lowest BCUT2D eigenvalue weighted by Crippen LogP contribution is -2.50. The topological polar surface area (TPSA) is 124 Å². The maximum Gasteiger partial charge on any atom is 0.410 e. The van der Waals surface area contributed by atoms with E-state index in [1.165, 1.54) is 0 Å². The summed E-state index contributed by atoms with van der Waals surface area (Å²) in [7, 11) is -1.04. The molecule has 2 amide bonds. The van der Waals surface area contributed by atoms with Crippen molar-refractivity contribution >= 4 is 22.8 Å². The summed E-state index contributed by atoms with van der Waals surface area (Å²) in [6.07, 6.45) is 7.97. The highest BCUT2D eigenvalue weighted by Gasteiger charge is 2.40. The lowest BCUT2D eigenvalue weighted by atomic mass is 10.0. The highest BCUT2D eigenvalue weighted by atomic mass is 32.2. The Labute approximate surface area is 208 Å². The number of ether oxygens (including phenoxy) is 1. The van der Waals surface area contributed by atoms with Crippen molar-refractivity contribution in [2.75, 3.05) is 19.3 Å². The van der Waals surface area contributed by atoms with Gasteiger partial charge in [-0.1, -0.05) is 0 Å². The number of carbonyl (C=O) groups excluding carboxylic acids is 2. The molecule has 9 nitrogen and oxygen atoms in total. The number of aromatic nitrogens is 2. The molecule has 10 heteroatoms. The summed E-state index contributed by atoms with van der Waals surface area (Å²) in [6, 6.07) is 7.59. The molecule has 2 aromatic rings. The Bertz CT molecular complexity index is 1060. The Morgan fingerprint density at radius 3 is 2.03 bits per heavy atom. The second kappa shape index (κ2) is 10.8. The smallest absolute Gasteiger partial charge is 0.410 e. The number of hydrogen-bond acceptors (Lipinski definition) is 6. The zero-order valence-electron chi connectivity index (χ0n) is 20.7. The Morgan fingerprint density at radius 2 is 1.54 bits per heavy atom. The molecule has 4 rings (SSSR count). The van der Waals surface area contributed by atoms with Crippen LogP contribution < -0.4 is 0 Å². The average molecular weight is 503 g/mol. The van der Waals surface area contributed by atoms with Crippen molar-refractivity contribution in [1.29, 1.82) is 0 Å². The molecule has 35 heavy (non-hydrogen) atoms. The van der Waals surface area contributed by atoms with Crippen LogP contribution in [0.5, 0.6) is 0 Å². The van der Waals surface area contributed by atoms with Crippen LogP contribution in [0.4, 0.5) is 4.79 Å². The van der Waals surface area contributed by atoms with Gasteiger partial charge in [-0.3, -0.25) is 9.00 Å². The van der Waals surface area contributed by atoms with Gasteiger partial charge in [0.05, 0.1) is 5.56 Å². The Balaban J connectivity index is 0.00000342. The van der Waals surface area contributed by atoms with Crippen LogP contribution in [-0.4, -0.2) is 78.5 Å². The van der Waals surface area contributed by atoms with Gasteiger partial charge >= 0.3 is 6.09 Å². The lowest BCUT2D eigenvalue weighted by molar-refractivity contribution is 0.0142. The Morgan fingerprint density at radius 1 is 1.00 bits per heavy atom. The molecule has 2 N–H and O–H groups in total. The van der Waals surface area contributed by atoms with E-state index in [4.69, 9.17) is 4.74 Å². The molecule has 0 spiro atoms. The first-order valence-corrected chi connectivity index (χ1v) is 13.2. The predicted molar refractivity (Wildman–Crippen MR) is 133 cm³/mol. The van der Waals surface area contributed by atoms with Crippen LogP contribution in [0.3, 0.4) is 0 Å². The van der Waals surface area contributed by atoms with Gasteiger partial charge in [0.15, 0.2) is 5.82 Å². The number of hydrogen-bond donors (Lipinski definition) is 0. The van der Waals surface area contributed by atoms with E-state index in [1.807, 2.05) is 37.8 Å². The fraction of sp³-hybridized carbons (Fsp3) is 0.520. The Kier molecular flexibility index (Phi) is 8.27. The molecule has 1 aliphatic heterocycles. The molecule has 2 aliphatic rings. The van der Waals surface area contributed by atoms with Gasteiger partial charge < -0.3 is 20.0 Å². The number of nitrogens with zero attached hydrogens (tertiary/aromatic N) is 4. The van der Waals surface area contributed by atoms with E-state index in [2.05, 4.69) is 9.97 Å². The molecule has 2 heterocycles. The number of rotatable bonds is 5. The number of amides is 2. The zero-order chi connectivity index (χ0) is 24.5. The summed E-state index contributed by atoms with van der Waals surface area (Å²) in [4.78, 5) is 39.1. The van der Waals surface area contributed by atoms with Gasteiger partial charge in [-0.05, 0) is 70.7 Å². The first-order valence-electron chi connectivity index (χ1n) is 11.7. The molecule has 2 fully saturated rings. The van der Waals surface area contributed by atoms with Gasteiger partial charge in [0.2, 0.25) is 0 Å². The maximum atomic E-state index is 13.4. The van der Waals surface area contributed by atoms with Crippen molar-refractivity contribution in [3.05, 3.63) is 42.2 Å². The number of likely N-dealkylation sites (tertiary alicyclic amines) is 1. The first kappa shape index (κ1) is 26.7. The average Bonchev–Trinajstić information content (AvgIpc) is 3.64. The monoisotopic (exact) mass is 502 g/mol. The SMILES string of the molecule is CS(=O)c1ccc(-c2ncc(C(=O)N(C3CC3)C3CCN(C(=O)OC(C)(C)C)CC3)cn2)cc1.O. The molecule has 0 bridgehead atoms. The number of carbonyl (C=O) groups is 2. The second-order valence-corrected chi connectivity index (χ2v) is 11.3. The van der Waals surface area contributed by atoms with E-state index < -0.39 is 16.4 Å². The van der Waals surface area contributed by atoms with Crippen LogP contribution in [0.25, 0.3) is 11.4 Å². The number of piperidine rings is 1. The highest BCUT2D eigenvalue weighted by molar-refractivity contribution is 7.84. The van der Waals surface area contributed by atoms with Crippen molar-refractivity contribution in [3.63, 3.8) is 0 Å². The molecule has 1 aromatic heterocycles. The molecule has 1 aliphatic carbocycles. The summed E-state index contributed by atoms with van der Waals surface area (Å²) >= 11 is 0.